The predicted molar refractivity (Wildman–Crippen MR) is 212 cm³/mol. The summed E-state index contributed by atoms with van der Waals surface area (Å²) in [7, 11) is 1.64. The molecule has 7 rings (SSSR count). The average molecular weight is 767 g/mol. The van der Waals surface area contributed by atoms with Crippen LogP contribution in [0.4, 0.5) is 0 Å². The van der Waals surface area contributed by atoms with Crippen LogP contribution in [0.15, 0.2) is 115 Å². The van der Waals surface area contributed by atoms with Gasteiger partial charge in [0.25, 0.3) is 0 Å². The third kappa shape index (κ3) is 6.88. The lowest BCUT2D eigenvalue weighted by Gasteiger charge is -2.63. The maximum atomic E-state index is 15.3. The Labute approximate surface area is 325 Å². The molecule has 0 spiro atoms. The Kier molecular flexibility index (Phi) is 11.6. The van der Waals surface area contributed by atoms with E-state index in [-0.39, 0.29) is 25.2 Å². The Bertz CT molecular complexity index is 1960. The van der Waals surface area contributed by atoms with Crippen molar-refractivity contribution in [2.24, 2.45) is 0 Å². The monoisotopic (exact) mass is 766 g/mol. The van der Waals surface area contributed by atoms with Gasteiger partial charge in [-0.3, -0.25) is 9.59 Å². The summed E-state index contributed by atoms with van der Waals surface area (Å²) in [5.41, 5.74) is 3.54. The molecule has 0 N–H and O–H groups in total. The molecule has 2 fully saturated rings. The van der Waals surface area contributed by atoms with Crippen LogP contribution in [0.3, 0.4) is 0 Å². The molecule has 0 aliphatic carbocycles. The van der Waals surface area contributed by atoms with Crippen LogP contribution in [0.1, 0.15) is 48.9 Å². The fraction of sp³-hybridized carbons (Fsp3) is 0.349. The van der Waals surface area contributed by atoms with Gasteiger partial charge in [0.05, 0.1) is 26.4 Å². The Balaban J connectivity index is 1.60. The van der Waals surface area contributed by atoms with E-state index in [1.165, 1.54) is 0 Å². The second-order valence-corrected chi connectivity index (χ2v) is 15.7. The Hall–Kier alpha value is -4.74. The Morgan fingerprint density at radius 2 is 1.31 bits per heavy atom. The Morgan fingerprint density at radius 1 is 0.722 bits per heavy atom. The second kappa shape index (κ2) is 16.7. The van der Waals surface area contributed by atoms with Crippen molar-refractivity contribution in [3.8, 4) is 17.2 Å². The smallest absolute Gasteiger partial charge is 0.229 e. The third-order valence-corrected chi connectivity index (χ3v) is 13.2. The molecule has 4 aromatic rings. The minimum Gasteiger partial charge on any atom is -0.497 e. The van der Waals surface area contributed by atoms with Crippen LogP contribution in [-0.4, -0.2) is 66.3 Å². The van der Waals surface area contributed by atoms with E-state index in [2.05, 4.69) is 24.3 Å². The molecular weight excluding hydrogens is 721 g/mol. The summed E-state index contributed by atoms with van der Waals surface area (Å²) in [6.07, 6.45) is 2.70. The summed E-state index contributed by atoms with van der Waals surface area (Å²) in [6.45, 7) is 5.06. The van der Waals surface area contributed by atoms with Crippen LogP contribution in [0.25, 0.3) is 0 Å². The zero-order chi connectivity index (χ0) is 37.5. The molecule has 3 aliphatic heterocycles. The topological polar surface area (TPSA) is 86.8 Å². The van der Waals surface area contributed by atoms with Gasteiger partial charge in [-0.1, -0.05) is 78.9 Å². The summed E-state index contributed by atoms with van der Waals surface area (Å²) in [5.74, 6) is 3.50. The van der Waals surface area contributed by atoms with Crippen molar-refractivity contribution >= 4 is 35.3 Å². The summed E-state index contributed by atoms with van der Waals surface area (Å²) in [5, 5.41) is 0. The van der Waals surface area contributed by atoms with Gasteiger partial charge in [0, 0.05) is 48.4 Å². The minimum absolute atomic E-state index is 0.0259. The van der Waals surface area contributed by atoms with Crippen LogP contribution in [0.2, 0.25) is 0 Å². The molecule has 11 heteroatoms. The van der Waals surface area contributed by atoms with Crippen LogP contribution in [0.5, 0.6) is 17.2 Å². The number of carbonyl (C=O) groups is 2. The molecule has 2 amide bonds. The summed E-state index contributed by atoms with van der Waals surface area (Å²) in [6, 6.07) is 33.3. The number of ether oxygens (including phenoxy) is 5. The minimum atomic E-state index is -1.29. The van der Waals surface area contributed by atoms with Crippen LogP contribution < -0.4 is 14.2 Å². The molecule has 3 atom stereocenters. The number of rotatable bonds is 14. The quantitative estimate of drug-likeness (QED) is 0.127. The third-order valence-electron chi connectivity index (χ3n) is 10.0. The van der Waals surface area contributed by atoms with Gasteiger partial charge in [-0.2, -0.15) is 0 Å². The van der Waals surface area contributed by atoms with E-state index >= 15 is 4.79 Å². The molecule has 282 valence electrons. The number of thioether (sulfide) groups is 2. The van der Waals surface area contributed by atoms with Crippen molar-refractivity contribution in [2.45, 2.75) is 55.4 Å². The van der Waals surface area contributed by atoms with Crippen LogP contribution >= 0.6 is 23.5 Å². The average Bonchev–Trinajstić information content (AvgIpc) is 3.75. The molecule has 0 aromatic heterocycles. The van der Waals surface area contributed by atoms with Gasteiger partial charge < -0.3 is 33.5 Å². The molecule has 2 saturated heterocycles. The van der Waals surface area contributed by atoms with E-state index in [0.717, 1.165) is 28.0 Å². The van der Waals surface area contributed by atoms with Gasteiger partial charge in [0.1, 0.15) is 23.5 Å². The standard InChI is InChI=1S/C43H46N2O7S2/c1-4-50-37-17-11-9-15-34(37)42(44(40(46)23-25-53-42)28-32-19-21-33(48-3)22-20-32)43(35-16-10-12-18-38(35)51-5-2)45(41(47)24-26-54-43)36(39-29-49-30-52-39)27-31-13-7-6-8-14-31/h6-22,29,36H,4-5,23-28,30H2,1-3H3. The molecule has 54 heavy (non-hydrogen) atoms. The summed E-state index contributed by atoms with van der Waals surface area (Å²) < 4.78 is 30.4. The van der Waals surface area contributed by atoms with Crippen molar-refractivity contribution in [1.29, 1.82) is 0 Å². The van der Waals surface area contributed by atoms with E-state index in [1.54, 1.807) is 36.9 Å². The number of amides is 2. The van der Waals surface area contributed by atoms with Gasteiger partial charge in [-0.25, -0.2) is 0 Å². The first-order valence-corrected chi connectivity index (χ1v) is 20.4. The van der Waals surface area contributed by atoms with Gasteiger partial charge in [-0.15, -0.1) is 23.5 Å². The molecule has 3 heterocycles. The second-order valence-electron chi connectivity index (χ2n) is 13.1. The molecular formula is C43H46N2O7S2. The number of hydrogen-bond acceptors (Lipinski definition) is 9. The fourth-order valence-corrected chi connectivity index (χ4v) is 11.5. The molecule has 4 aromatic carbocycles. The van der Waals surface area contributed by atoms with Gasteiger partial charge in [0.2, 0.25) is 18.6 Å². The molecule has 9 nitrogen and oxygen atoms in total. The fourth-order valence-electron chi connectivity index (χ4n) is 7.81. The summed E-state index contributed by atoms with van der Waals surface area (Å²) >= 11 is 3.35. The number of para-hydroxylation sites is 2. The maximum absolute atomic E-state index is 15.3. The van der Waals surface area contributed by atoms with Crippen LogP contribution in [0, 0.1) is 0 Å². The normalized spacial score (nSPS) is 21.9. The highest BCUT2D eigenvalue weighted by atomic mass is 32.2. The molecule has 0 radical (unpaired) electrons. The lowest BCUT2D eigenvalue weighted by atomic mass is 9.84. The highest BCUT2D eigenvalue weighted by Crippen LogP contribution is 2.67. The van der Waals surface area contributed by atoms with E-state index < -0.39 is 15.8 Å². The predicted octanol–water partition coefficient (Wildman–Crippen LogP) is 8.09. The van der Waals surface area contributed by atoms with Gasteiger partial charge in [0.15, 0.2) is 15.5 Å². The van der Waals surface area contributed by atoms with Crippen molar-refractivity contribution in [2.75, 3.05) is 38.6 Å². The number of benzene rings is 4. The van der Waals surface area contributed by atoms with Crippen molar-refractivity contribution in [3.63, 3.8) is 0 Å². The molecule has 0 saturated carbocycles. The number of carbonyl (C=O) groups excluding carboxylic acids is 2. The SMILES string of the molecule is CCOc1ccccc1C1(C2(c3ccccc3OCC)SCCC(=O)N2C(Cc2ccccc2)C2=COCO2)SCCC(=O)N1Cc1ccc(OC)cc1. The first-order valence-electron chi connectivity index (χ1n) is 18.4. The summed E-state index contributed by atoms with van der Waals surface area (Å²) in [4.78, 5) is 31.7. The number of methoxy groups -OCH3 is 1. The van der Waals surface area contributed by atoms with E-state index in [1.807, 2.05) is 103 Å². The zero-order valence-corrected chi connectivity index (χ0v) is 32.5. The lowest BCUT2D eigenvalue weighted by molar-refractivity contribution is -0.150. The van der Waals surface area contributed by atoms with E-state index in [0.29, 0.717) is 61.2 Å². The van der Waals surface area contributed by atoms with Crippen molar-refractivity contribution in [1.82, 2.24) is 9.80 Å². The van der Waals surface area contributed by atoms with Crippen molar-refractivity contribution in [3.05, 3.63) is 137 Å². The molecule has 3 unspecified atom stereocenters. The first-order chi connectivity index (χ1) is 26.5. The Morgan fingerprint density at radius 3 is 1.93 bits per heavy atom. The highest BCUT2D eigenvalue weighted by Gasteiger charge is 2.68. The largest absolute Gasteiger partial charge is 0.497 e. The van der Waals surface area contributed by atoms with E-state index in [9.17, 15) is 4.79 Å². The van der Waals surface area contributed by atoms with Gasteiger partial charge >= 0.3 is 0 Å². The molecule has 0 bridgehead atoms. The number of nitrogens with zero attached hydrogens (tertiary/aromatic N) is 2. The van der Waals surface area contributed by atoms with Gasteiger partial charge in [-0.05, 0) is 49.2 Å². The van der Waals surface area contributed by atoms with Crippen LogP contribution in [-0.2, 0) is 41.8 Å². The van der Waals surface area contributed by atoms with Crippen molar-refractivity contribution < 1.29 is 33.3 Å². The zero-order valence-electron chi connectivity index (χ0n) is 30.9. The first kappa shape index (κ1) is 37.6. The maximum Gasteiger partial charge on any atom is 0.229 e. The lowest BCUT2D eigenvalue weighted by Crippen LogP contribution is -2.70. The molecule has 3 aliphatic rings. The highest BCUT2D eigenvalue weighted by molar-refractivity contribution is 8.04. The number of hydrogen-bond donors (Lipinski definition) is 0. The van der Waals surface area contributed by atoms with E-state index in [4.69, 9.17) is 23.7 Å².